The fourth-order valence-electron chi connectivity index (χ4n) is 2.94. The van der Waals surface area contributed by atoms with Gasteiger partial charge in [-0.25, -0.2) is 0 Å². The monoisotopic (exact) mass is 315 g/mol. The van der Waals surface area contributed by atoms with Crippen molar-refractivity contribution in [1.82, 2.24) is 4.67 Å². The number of hydrogen-bond acceptors (Lipinski definition) is 1. The molecular formula is C20H30NP. The standard InChI is InChI=1S/C20H30NP/c1-17-15-18(2)22(19-11-7-6-8-12-19)21(16-17)14-10-9-13-20(3,4)5/h6-8,11-12,15-16H,9-10,13-14H2,1-5H3. The summed E-state index contributed by atoms with van der Waals surface area (Å²) < 4.78 is 2.60. The summed E-state index contributed by atoms with van der Waals surface area (Å²) in [5, 5.41) is 2.97. The Kier molecular flexibility index (Phi) is 5.87. The molecule has 0 bridgehead atoms. The summed E-state index contributed by atoms with van der Waals surface area (Å²) in [4.78, 5) is 0. The molecule has 1 unspecified atom stereocenters. The largest absolute Gasteiger partial charge is 0.349 e. The summed E-state index contributed by atoms with van der Waals surface area (Å²) >= 11 is 0. The first-order valence-electron chi connectivity index (χ1n) is 8.35. The van der Waals surface area contributed by atoms with Gasteiger partial charge in [0.1, 0.15) is 0 Å². The summed E-state index contributed by atoms with van der Waals surface area (Å²) in [6.07, 6.45) is 8.61. The van der Waals surface area contributed by atoms with Crippen molar-refractivity contribution in [2.45, 2.75) is 53.9 Å². The number of allylic oxidation sites excluding steroid dienone is 3. The number of hydrogen-bond donors (Lipinski definition) is 0. The highest BCUT2D eigenvalue weighted by atomic mass is 31.1. The lowest BCUT2D eigenvalue weighted by atomic mass is 9.90. The molecule has 120 valence electrons. The Morgan fingerprint density at radius 1 is 1.00 bits per heavy atom. The Morgan fingerprint density at radius 2 is 1.68 bits per heavy atom. The molecule has 1 nitrogen and oxygen atoms in total. The summed E-state index contributed by atoms with van der Waals surface area (Å²) in [5.74, 6) is 0. The van der Waals surface area contributed by atoms with Gasteiger partial charge in [-0.15, -0.1) is 0 Å². The van der Waals surface area contributed by atoms with Gasteiger partial charge in [-0.05, 0) is 43.0 Å². The van der Waals surface area contributed by atoms with Crippen LogP contribution in [0.3, 0.4) is 0 Å². The van der Waals surface area contributed by atoms with Crippen LogP contribution in [0, 0.1) is 5.41 Å². The Balaban J connectivity index is 2.04. The Hall–Kier alpha value is -1.07. The molecule has 1 aromatic carbocycles. The minimum atomic E-state index is -0.345. The first-order chi connectivity index (χ1) is 10.4. The van der Waals surface area contributed by atoms with Crippen LogP contribution in [0.2, 0.25) is 0 Å². The third-order valence-electron chi connectivity index (χ3n) is 3.94. The smallest absolute Gasteiger partial charge is 0.0500 e. The van der Waals surface area contributed by atoms with Crippen LogP contribution < -0.4 is 5.30 Å². The topological polar surface area (TPSA) is 3.24 Å². The molecule has 0 aliphatic carbocycles. The molecule has 2 heteroatoms. The van der Waals surface area contributed by atoms with Crippen molar-refractivity contribution in [2.24, 2.45) is 5.41 Å². The molecular weight excluding hydrogens is 285 g/mol. The molecule has 0 saturated carbocycles. The maximum Gasteiger partial charge on any atom is 0.0500 e. The predicted molar refractivity (Wildman–Crippen MR) is 101 cm³/mol. The molecule has 1 aliphatic rings. The molecule has 1 aromatic rings. The van der Waals surface area contributed by atoms with E-state index in [2.05, 4.69) is 81.9 Å². The second-order valence-electron chi connectivity index (χ2n) is 7.49. The normalized spacial score (nSPS) is 19.0. The fourth-order valence-corrected chi connectivity index (χ4v) is 5.47. The van der Waals surface area contributed by atoms with Crippen LogP contribution in [0.5, 0.6) is 0 Å². The van der Waals surface area contributed by atoms with Gasteiger partial charge in [-0.1, -0.05) is 63.6 Å². The predicted octanol–water partition coefficient (Wildman–Crippen LogP) is 6.05. The molecule has 0 N–H and O–H groups in total. The molecule has 1 aliphatic heterocycles. The molecule has 0 saturated heterocycles. The zero-order valence-corrected chi connectivity index (χ0v) is 15.7. The van der Waals surface area contributed by atoms with Crippen molar-refractivity contribution in [3.05, 3.63) is 53.5 Å². The van der Waals surface area contributed by atoms with Crippen molar-refractivity contribution in [2.75, 3.05) is 6.54 Å². The summed E-state index contributed by atoms with van der Waals surface area (Å²) in [5.41, 5.74) is 1.83. The Morgan fingerprint density at radius 3 is 2.32 bits per heavy atom. The third kappa shape index (κ3) is 4.99. The fraction of sp³-hybridized carbons (Fsp3) is 0.500. The maximum atomic E-state index is 2.60. The van der Waals surface area contributed by atoms with Crippen molar-refractivity contribution >= 4 is 13.4 Å². The van der Waals surface area contributed by atoms with Gasteiger partial charge in [0.05, 0.1) is 0 Å². The molecule has 0 aromatic heterocycles. The lowest BCUT2D eigenvalue weighted by Crippen LogP contribution is -2.22. The SMILES string of the molecule is CC1=CN(CCCCC(C)(C)C)P(c2ccccc2)C(C)=C1. The van der Waals surface area contributed by atoms with E-state index in [1.807, 2.05) is 0 Å². The quantitative estimate of drug-likeness (QED) is 0.472. The minimum absolute atomic E-state index is 0.345. The van der Waals surface area contributed by atoms with Crippen LogP contribution in [-0.2, 0) is 0 Å². The number of rotatable bonds is 5. The van der Waals surface area contributed by atoms with Crippen LogP contribution in [0.25, 0.3) is 0 Å². The van der Waals surface area contributed by atoms with Crippen LogP contribution in [0.4, 0.5) is 0 Å². The Bertz CT molecular complexity index is 537. The van der Waals surface area contributed by atoms with Crippen LogP contribution >= 0.6 is 8.07 Å². The van der Waals surface area contributed by atoms with Crippen LogP contribution in [-0.4, -0.2) is 11.2 Å². The van der Waals surface area contributed by atoms with E-state index < -0.39 is 0 Å². The molecule has 2 rings (SSSR count). The van der Waals surface area contributed by atoms with E-state index in [9.17, 15) is 0 Å². The van der Waals surface area contributed by atoms with Crippen molar-refractivity contribution < 1.29 is 0 Å². The summed E-state index contributed by atoms with van der Waals surface area (Å²) in [6, 6.07) is 11.0. The van der Waals surface area contributed by atoms with Gasteiger partial charge >= 0.3 is 0 Å². The lowest BCUT2D eigenvalue weighted by Gasteiger charge is -2.35. The molecule has 0 fully saturated rings. The van der Waals surface area contributed by atoms with E-state index in [0.717, 1.165) is 0 Å². The van der Waals surface area contributed by atoms with E-state index in [-0.39, 0.29) is 8.07 Å². The van der Waals surface area contributed by atoms with Crippen molar-refractivity contribution in [3.63, 3.8) is 0 Å². The summed E-state index contributed by atoms with van der Waals surface area (Å²) in [6.45, 7) is 12.7. The molecule has 1 atom stereocenters. The molecule has 0 radical (unpaired) electrons. The summed E-state index contributed by atoms with van der Waals surface area (Å²) in [7, 11) is -0.345. The van der Waals surface area contributed by atoms with Crippen LogP contribution in [0.15, 0.2) is 53.5 Å². The Labute approximate surface area is 137 Å². The molecule has 1 heterocycles. The molecule has 0 spiro atoms. The van der Waals surface area contributed by atoms with Gasteiger partial charge in [-0.2, -0.15) is 0 Å². The van der Waals surface area contributed by atoms with Crippen LogP contribution in [0.1, 0.15) is 53.9 Å². The van der Waals surface area contributed by atoms with Gasteiger partial charge in [0.2, 0.25) is 0 Å². The van der Waals surface area contributed by atoms with Gasteiger partial charge in [0.15, 0.2) is 0 Å². The van der Waals surface area contributed by atoms with Crippen molar-refractivity contribution in [3.8, 4) is 0 Å². The number of nitrogens with zero attached hydrogens (tertiary/aromatic N) is 1. The van der Waals surface area contributed by atoms with Gasteiger partial charge in [0.25, 0.3) is 0 Å². The average molecular weight is 315 g/mol. The minimum Gasteiger partial charge on any atom is -0.349 e. The van der Waals surface area contributed by atoms with Gasteiger partial charge < -0.3 is 4.67 Å². The van der Waals surface area contributed by atoms with E-state index in [1.54, 1.807) is 0 Å². The van der Waals surface area contributed by atoms with Gasteiger partial charge in [-0.3, -0.25) is 0 Å². The number of benzene rings is 1. The zero-order chi connectivity index (χ0) is 16.2. The van der Waals surface area contributed by atoms with E-state index in [0.29, 0.717) is 5.41 Å². The molecule has 22 heavy (non-hydrogen) atoms. The first-order valence-corrected chi connectivity index (χ1v) is 9.65. The van der Waals surface area contributed by atoms with E-state index in [4.69, 9.17) is 0 Å². The lowest BCUT2D eigenvalue weighted by molar-refractivity contribution is 0.354. The third-order valence-corrected chi connectivity index (χ3v) is 6.36. The number of unbranched alkanes of at least 4 members (excludes halogenated alkanes) is 1. The van der Waals surface area contributed by atoms with Crippen molar-refractivity contribution in [1.29, 1.82) is 0 Å². The second-order valence-corrected chi connectivity index (χ2v) is 9.85. The molecule has 0 amide bonds. The average Bonchev–Trinajstić information content (AvgIpc) is 2.43. The van der Waals surface area contributed by atoms with E-state index in [1.165, 1.54) is 42.0 Å². The highest BCUT2D eigenvalue weighted by Gasteiger charge is 2.22. The van der Waals surface area contributed by atoms with E-state index >= 15 is 0 Å². The van der Waals surface area contributed by atoms with Gasteiger partial charge in [0, 0.05) is 26.1 Å². The second kappa shape index (κ2) is 7.47. The highest BCUT2D eigenvalue weighted by Crippen LogP contribution is 2.50. The maximum absolute atomic E-state index is 2.60. The first kappa shape index (κ1) is 17.3. The highest BCUT2D eigenvalue weighted by molar-refractivity contribution is 7.67. The zero-order valence-electron chi connectivity index (χ0n) is 14.8.